The Morgan fingerprint density at radius 2 is 1.81 bits per heavy atom. The number of nitrogens with zero attached hydrogens (tertiary/aromatic N) is 3. The molecule has 0 aliphatic rings. The summed E-state index contributed by atoms with van der Waals surface area (Å²) < 4.78 is 39.7. The molecule has 0 aliphatic heterocycles. The molecule has 4 aromatic rings. The number of carbonyl (C=O) groups excluding carboxylic acids is 1. The van der Waals surface area contributed by atoms with E-state index in [9.17, 15) is 18.0 Å². The van der Waals surface area contributed by atoms with E-state index in [2.05, 4.69) is 15.0 Å². The summed E-state index contributed by atoms with van der Waals surface area (Å²) in [5.41, 5.74) is 2.54. The molecule has 0 atom stereocenters. The Morgan fingerprint density at radius 1 is 1.11 bits per heavy atom. The number of imidazole rings is 1. The van der Waals surface area contributed by atoms with Gasteiger partial charge in [-0.3, -0.25) is 4.40 Å². The van der Waals surface area contributed by atoms with Crippen molar-refractivity contribution in [3.05, 3.63) is 60.3 Å². The van der Waals surface area contributed by atoms with Crippen molar-refractivity contribution in [1.29, 1.82) is 0 Å². The highest BCUT2D eigenvalue weighted by Gasteiger charge is 2.41. The van der Waals surface area contributed by atoms with Crippen molar-refractivity contribution in [1.82, 2.24) is 9.38 Å². The highest BCUT2D eigenvalue weighted by molar-refractivity contribution is 7.23. The van der Waals surface area contributed by atoms with Crippen LogP contribution in [-0.4, -0.2) is 27.7 Å². The molecule has 5 nitrogen and oxygen atoms in total. The van der Waals surface area contributed by atoms with Crippen molar-refractivity contribution in [2.45, 2.75) is 6.18 Å². The maximum Gasteiger partial charge on any atom is 0.493 e. The lowest BCUT2D eigenvalue weighted by atomic mass is 10.1. The Bertz CT molecular complexity index is 1160. The smallest absolute Gasteiger partial charge is 0.309 e. The molecule has 9 heteroatoms. The first-order valence-corrected chi connectivity index (χ1v) is 8.54. The number of halogens is 3. The van der Waals surface area contributed by atoms with Gasteiger partial charge in [-0.05, 0) is 12.1 Å². The topological polar surface area (TPSA) is 56.0 Å². The van der Waals surface area contributed by atoms with Crippen LogP contribution in [0.1, 0.15) is 5.69 Å². The summed E-state index contributed by atoms with van der Waals surface area (Å²) in [4.78, 5) is 20.1. The SMILES string of the molecule is O=C(O/N=C/c1c(-c2ccccc2)nc2sc3ccccc3n12)C(F)(F)F. The molecule has 0 spiro atoms. The first kappa shape index (κ1) is 17.2. The monoisotopic (exact) mass is 389 g/mol. The van der Waals surface area contributed by atoms with Crippen LogP contribution in [0.3, 0.4) is 0 Å². The lowest BCUT2D eigenvalue weighted by molar-refractivity contribution is -0.199. The number of alkyl halides is 3. The average molecular weight is 389 g/mol. The second-order valence-corrected chi connectivity index (χ2v) is 6.52. The third-order valence-electron chi connectivity index (χ3n) is 3.78. The van der Waals surface area contributed by atoms with E-state index in [1.165, 1.54) is 11.3 Å². The summed E-state index contributed by atoms with van der Waals surface area (Å²) in [6.45, 7) is 0. The molecular weight excluding hydrogens is 379 g/mol. The molecule has 0 unspecified atom stereocenters. The van der Waals surface area contributed by atoms with Crippen LogP contribution < -0.4 is 0 Å². The van der Waals surface area contributed by atoms with Gasteiger partial charge in [0.1, 0.15) is 0 Å². The van der Waals surface area contributed by atoms with Crippen LogP contribution in [-0.2, 0) is 9.63 Å². The third-order valence-corrected chi connectivity index (χ3v) is 4.80. The number of rotatable bonds is 3. The van der Waals surface area contributed by atoms with E-state index in [1.807, 2.05) is 54.6 Å². The number of oxime groups is 1. The van der Waals surface area contributed by atoms with Crippen LogP contribution in [0.4, 0.5) is 13.2 Å². The molecule has 0 N–H and O–H groups in total. The summed E-state index contributed by atoms with van der Waals surface area (Å²) >= 11 is 1.44. The van der Waals surface area contributed by atoms with E-state index in [1.54, 1.807) is 4.40 Å². The van der Waals surface area contributed by atoms with Crippen LogP contribution >= 0.6 is 11.3 Å². The highest BCUT2D eigenvalue weighted by Crippen LogP contribution is 2.32. The number of para-hydroxylation sites is 1. The molecule has 136 valence electrons. The predicted molar refractivity (Wildman–Crippen MR) is 95.8 cm³/mol. The highest BCUT2D eigenvalue weighted by atomic mass is 32.1. The van der Waals surface area contributed by atoms with Crippen LogP contribution in [0.2, 0.25) is 0 Å². The van der Waals surface area contributed by atoms with Gasteiger partial charge in [-0.15, -0.1) is 0 Å². The minimum absolute atomic E-state index is 0.420. The standard InChI is InChI=1S/C18H10F3N3O2S/c19-18(20,21)16(25)26-22-10-13-15(11-6-2-1-3-7-11)23-17-24(13)12-8-4-5-9-14(12)27-17/h1-10H/b22-10+. The van der Waals surface area contributed by atoms with Gasteiger partial charge in [0.25, 0.3) is 0 Å². The van der Waals surface area contributed by atoms with Gasteiger partial charge in [0.15, 0.2) is 4.96 Å². The zero-order valence-corrected chi connectivity index (χ0v) is 14.3. The van der Waals surface area contributed by atoms with Crippen molar-refractivity contribution in [2.75, 3.05) is 0 Å². The number of fused-ring (bicyclic) bond motifs is 3. The molecule has 2 aromatic carbocycles. The number of hydrogen-bond acceptors (Lipinski definition) is 5. The lowest BCUT2D eigenvalue weighted by Crippen LogP contribution is -2.23. The average Bonchev–Trinajstić information content (AvgIpc) is 3.18. The largest absolute Gasteiger partial charge is 0.493 e. The Labute approximate surface area is 154 Å². The van der Waals surface area contributed by atoms with Gasteiger partial charge in [0.2, 0.25) is 0 Å². The van der Waals surface area contributed by atoms with E-state index in [0.29, 0.717) is 16.3 Å². The maximum atomic E-state index is 12.3. The van der Waals surface area contributed by atoms with Gasteiger partial charge < -0.3 is 4.84 Å². The van der Waals surface area contributed by atoms with Crippen molar-refractivity contribution < 1.29 is 22.8 Å². The van der Waals surface area contributed by atoms with Crippen LogP contribution in [0.5, 0.6) is 0 Å². The Balaban J connectivity index is 1.86. The number of carbonyl (C=O) groups is 1. The Kier molecular flexibility index (Phi) is 4.15. The molecule has 0 saturated heterocycles. The quantitative estimate of drug-likeness (QED) is 0.291. The van der Waals surface area contributed by atoms with Gasteiger partial charge in [-0.2, -0.15) is 13.2 Å². The van der Waals surface area contributed by atoms with E-state index in [-0.39, 0.29) is 0 Å². The van der Waals surface area contributed by atoms with Crippen molar-refractivity contribution >= 4 is 38.7 Å². The summed E-state index contributed by atoms with van der Waals surface area (Å²) in [6.07, 6.45) is -4.04. The Morgan fingerprint density at radius 3 is 2.56 bits per heavy atom. The van der Waals surface area contributed by atoms with Gasteiger partial charge in [0.05, 0.1) is 27.8 Å². The molecule has 2 aromatic heterocycles. The molecule has 27 heavy (non-hydrogen) atoms. The fourth-order valence-electron chi connectivity index (χ4n) is 2.64. The second-order valence-electron chi connectivity index (χ2n) is 5.51. The molecule has 4 rings (SSSR count). The van der Waals surface area contributed by atoms with E-state index < -0.39 is 12.1 Å². The molecule has 0 bridgehead atoms. The molecule has 0 saturated carbocycles. The first-order chi connectivity index (χ1) is 12.9. The van der Waals surface area contributed by atoms with Gasteiger partial charge >= 0.3 is 12.1 Å². The molecular formula is C18H10F3N3O2S. The molecule has 0 amide bonds. The fraction of sp³-hybridized carbons (Fsp3) is 0.0556. The molecule has 2 heterocycles. The summed E-state index contributed by atoms with van der Waals surface area (Å²) in [6, 6.07) is 16.7. The van der Waals surface area contributed by atoms with Crippen molar-refractivity contribution in [2.24, 2.45) is 5.16 Å². The number of hydrogen-bond donors (Lipinski definition) is 0. The summed E-state index contributed by atoms with van der Waals surface area (Å²) in [7, 11) is 0. The minimum Gasteiger partial charge on any atom is -0.309 e. The number of benzene rings is 2. The van der Waals surface area contributed by atoms with E-state index in [4.69, 9.17) is 0 Å². The first-order valence-electron chi connectivity index (χ1n) is 7.72. The molecule has 0 aliphatic carbocycles. The third kappa shape index (κ3) is 3.17. The zero-order chi connectivity index (χ0) is 19.0. The van der Waals surface area contributed by atoms with Crippen molar-refractivity contribution in [3.8, 4) is 11.3 Å². The molecule has 0 fully saturated rings. The van der Waals surface area contributed by atoms with E-state index in [0.717, 1.165) is 22.0 Å². The van der Waals surface area contributed by atoms with Gasteiger partial charge in [0, 0.05) is 5.56 Å². The Hall–Kier alpha value is -3.20. The minimum atomic E-state index is -5.11. The van der Waals surface area contributed by atoms with Gasteiger partial charge in [-0.1, -0.05) is 59.0 Å². The number of aromatic nitrogens is 2. The summed E-state index contributed by atoms with van der Waals surface area (Å²) in [5, 5.41) is 3.25. The number of thiazole rings is 1. The van der Waals surface area contributed by atoms with Crippen LogP contribution in [0.25, 0.3) is 26.4 Å². The lowest BCUT2D eigenvalue weighted by Gasteiger charge is -2.02. The maximum absolute atomic E-state index is 12.3. The zero-order valence-electron chi connectivity index (χ0n) is 13.5. The molecule has 0 radical (unpaired) electrons. The van der Waals surface area contributed by atoms with Crippen LogP contribution in [0.15, 0.2) is 59.8 Å². The normalized spacial score (nSPS) is 12.3. The van der Waals surface area contributed by atoms with E-state index >= 15 is 0 Å². The van der Waals surface area contributed by atoms with Gasteiger partial charge in [-0.25, -0.2) is 9.78 Å². The fourth-order valence-corrected chi connectivity index (χ4v) is 3.68. The predicted octanol–water partition coefficient (Wildman–Crippen LogP) is 4.66. The van der Waals surface area contributed by atoms with Crippen molar-refractivity contribution in [3.63, 3.8) is 0 Å². The second kappa shape index (κ2) is 6.51. The summed E-state index contributed by atoms with van der Waals surface area (Å²) in [5.74, 6) is -2.38. The van der Waals surface area contributed by atoms with Crippen LogP contribution in [0, 0.1) is 0 Å².